The quantitative estimate of drug-likeness (QED) is 0.840. The summed E-state index contributed by atoms with van der Waals surface area (Å²) < 4.78 is 32.7. The van der Waals surface area contributed by atoms with E-state index in [4.69, 9.17) is 4.74 Å². The molecule has 3 aliphatic heterocycles. The zero-order chi connectivity index (χ0) is 17.4. The van der Waals surface area contributed by atoms with Gasteiger partial charge in [0, 0.05) is 43.1 Å². The second-order valence-electron chi connectivity index (χ2n) is 7.53. The zero-order valence-electron chi connectivity index (χ0n) is 14.3. The Morgan fingerprint density at radius 1 is 1.08 bits per heavy atom. The van der Waals surface area contributed by atoms with Gasteiger partial charge in [-0.2, -0.15) is 0 Å². The van der Waals surface area contributed by atoms with Crippen LogP contribution in [0.1, 0.15) is 29.6 Å². The zero-order valence-corrected chi connectivity index (χ0v) is 14.3. The molecule has 0 unspecified atom stereocenters. The third-order valence-corrected chi connectivity index (χ3v) is 5.78. The highest BCUT2D eigenvalue weighted by Crippen LogP contribution is 2.35. The van der Waals surface area contributed by atoms with Crippen LogP contribution in [0.5, 0.6) is 0 Å². The van der Waals surface area contributed by atoms with Crippen molar-refractivity contribution in [2.45, 2.75) is 25.4 Å². The first-order chi connectivity index (χ1) is 12.1. The minimum atomic E-state index is -0.720. The molecule has 4 nitrogen and oxygen atoms in total. The molecule has 3 fully saturated rings. The number of rotatable bonds is 3. The Bertz CT molecular complexity index is 628. The van der Waals surface area contributed by atoms with E-state index in [1.54, 1.807) is 4.90 Å². The Kier molecular flexibility index (Phi) is 4.73. The predicted octanol–water partition coefficient (Wildman–Crippen LogP) is 2.54. The average Bonchev–Trinajstić information content (AvgIpc) is 3.16. The number of carbonyl (C=O) groups excluding carboxylic acids is 1. The van der Waals surface area contributed by atoms with E-state index in [1.165, 1.54) is 19.3 Å². The van der Waals surface area contributed by atoms with Crippen molar-refractivity contribution in [3.05, 3.63) is 35.4 Å². The van der Waals surface area contributed by atoms with Crippen LogP contribution in [0.15, 0.2) is 18.2 Å². The first-order valence-electron chi connectivity index (χ1n) is 9.19. The number of hydrogen-bond acceptors (Lipinski definition) is 3. The molecule has 1 amide bonds. The van der Waals surface area contributed by atoms with Crippen molar-refractivity contribution in [1.29, 1.82) is 0 Å². The number of halogens is 2. The normalized spacial score (nSPS) is 29.8. The smallest absolute Gasteiger partial charge is 0.254 e. The Labute approximate surface area is 146 Å². The van der Waals surface area contributed by atoms with Crippen molar-refractivity contribution in [1.82, 2.24) is 9.80 Å². The molecule has 1 aromatic rings. The van der Waals surface area contributed by atoms with Gasteiger partial charge in [-0.05, 0) is 38.1 Å². The molecule has 0 saturated carbocycles. The third kappa shape index (κ3) is 3.55. The molecule has 6 heteroatoms. The van der Waals surface area contributed by atoms with Crippen LogP contribution in [-0.2, 0) is 4.74 Å². The molecule has 4 rings (SSSR count). The fraction of sp³-hybridized carbons (Fsp3) is 0.632. The minimum absolute atomic E-state index is 0.0529. The maximum Gasteiger partial charge on any atom is 0.254 e. The van der Waals surface area contributed by atoms with Gasteiger partial charge in [0.15, 0.2) is 0 Å². The van der Waals surface area contributed by atoms with Gasteiger partial charge in [-0.3, -0.25) is 4.79 Å². The predicted molar refractivity (Wildman–Crippen MR) is 89.3 cm³/mol. The van der Waals surface area contributed by atoms with Gasteiger partial charge in [-0.15, -0.1) is 0 Å². The molecular weight excluding hydrogens is 326 g/mol. The molecular formula is C19H24F2N2O2. The number of carbonyl (C=O) groups is 1. The molecule has 3 heterocycles. The molecule has 0 aromatic heterocycles. The minimum Gasteiger partial charge on any atom is -0.376 e. The number of piperidine rings is 1. The first kappa shape index (κ1) is 16.9. The van der Waals surface area contributed by atoms with Crippen molar-refractivity contribution < 1.29 is 18.3 Å². The van der Waals surface area contributed by atoms with Crippen molar-refractivity contribution in [2.75, 3.05) is 39.3 Å². The van der Waals surface area contributed by atoms with Crippen LogP contribution < -0.4 is 0 Å². The largest absolute Gasteiger partial charge is 0.376 e. The van der Waals surface area contributed by atoms with Crippen molar-refractivity contribution in [2.24, 2.45) is 11.8 Å². The summed E-state index contributed by atoms with van der Waals surface area (Å²) in [5, 5.41) is 0. The number of nitrogens with zero attached hydrogens (tertiary/aromatic N) is 2. The Hall–Kier alpha value is -1.53. The molecule has 0 spiro atoms. The van der Waals surface area contributed by atoms with Crippen LogP contribution in [0.2, 0.25) is 0 Å². The van der Waals surface area contributed by atoms with Gasteiger partial charge in [0.05, 0.1) is 12.7 Å². The lowest BCUT2D eigenvalue weighted by atomic mass is 9.92. The molecule has 0 aliphatic carbocycles. The lowest BCUT2D eigenvalue weighted by Gasteiger charge is -2.30. The monoisotopic (exact) mass is 350 g/mol. The summed E-state index contributed by atoms with van der Waals surface area (Å²) in [6.07, 6.45) is 3.89. The van der Waals surface area contributed by atoms with Gasteiger partial charge in [0.2, 0.25) is 0 Å². The van der Waals surface area contributed by atoms with Crippen LogP contribution in [0, 0.1) is 23.5 Å². The molecule has 0 N–H and O–H groups in total. The second kappa shape index (κ2) is 7.00. The van der Waals surface area contributed by atoms with Crippen molar-refractivity contribution in [3.63, 3.8) is 0 Å². The number of hydrogen-bond donors (Lipinski definition) is 0. The van der Waals surface area contributed by atoms with E-state index in [2.05, 4.69) is 4.90 Å². The number of likely N-dealkylation sites (tertiary alicyclic amines) is 2. The number of ether oxygens (including phenoxy) is 1. The molecule has 3 atom stereocenters. The summed E-state index contributed by atoms with van der Waals surface area (Å²) in [5.74, 6) is -0.994. The lowest BCUT2D eigenvalue weighted by molar-refractivity contribution is 0.0660. The fourth-order valence-electron chi connectivity index (χ4n) is 4.49. The van der Waals surface area contributed by atoms with E-state index in [-0.39, 0.29) is 17.6 Å². The highest BCUT2D eigenvalue weighted by Gasteiger charge is 2.45. The molecule has 0 radical (unpaired) electrons. The number of benzene rings is 1. The molecule has 3 saturated heterocycles. The van der Waals surface area contributed by atoms with Gasteiger partial charge in [-0.1, -0.05) is 6.42 Å². The van der Waals surface area contributed by atoms with Gasteiger partial charge in [-0.25, -0.2) is 8.78 Å². The third-order valence-electron chi connectivity index (χ3n) is 5.78. The van der Waals surface area contributed by atoms with Crippen molar-refractivity contribution >= 4 is 5.91 Å². The van der Waals surface area contributed by atoms with E-state index in [0.29, 0.717) is 24.9 Å². The Morgan fingerprint density at radius 3 is 2.52 bits per heavy atom. The first-order valence-corrected chi connectivity index (χ1v) is 9.19. The van der Waals surface area contributed by atoms with Gasteiger partial charge in [0.25, 0.3) is 5.91 Å². The van der Waals surface area contributed by atoms with Gasteiger partial charge < -0.3 is 14.5 Å². The van der Waals surface area contributed by atoms with E-state index in [0.717, 1.165) is 44.4 Å². The van der Waals surface area contributed by atoms with Crippen LogP contribution in [0.3, 0.4) is 0 Å². The standard InChI is InChI=1S/C19H24F2N2O2/c20-15-6-13(7-16(21)8-15)19(24)23-10-17-14(12-25-18(17)11-23)9-22-4-2-1-3-5-22/h6-8,14,17-18H,1-5,9-12H2/t14-,17-,18-/m1/s1. The number of amides is 1. The van der Waals surface area contributed by atoms with Crippen LogP contribution >= 0.6 is 0 Å². The maximum atomic E-state index is 13.4. The second-order valence-corrected chi connectivity index (χ2v) is 7.53. The highest BCUT2D eigenvalue weighted by atomic mass is 19.1. The SMILES string of the molecule is O=C(c1cc(F)cc(F)c1)N1C[C@@H]2[C@H](CN3CCCCC3)CO[C@@H]2C1. The van der Waals surface area contributed by atoms with Crippen molar-refractivity contribution in [3.8, 4) is 0 Å². The Morgan fingerprint density at radius 2 is 1.80 bits per heavy atom. The summed E-state index contributed by atoms with van der Waals surface area (Å²) in [6, 6.07) is 2.99. The summed E-state index contributed by atoms with van der Waals surface area (Å²) in [7, 11) is 0. The summed E-state index contributed by atoms with van der Waals surface area (Å²) in [6.45, 7) is 5.21. The van der Waals surface area contributed by atoms with E-state index < -0.39 is 11.6 Å². The fourth-order valence-corrected chi connectivity index (χ4v) is 4.49. The summed E-state index contributed by atoms with van der Waals surface area (Å²) in [4.78, 5) is 16.8. The molecule has 3 aliphatic rings. The maximum absolute atomic E-state index is 13.4. The van der Waals surface area contributed by atoms with Gasteiger partial charge in [0.1, 0.15) is 11.6 Å². The van der Waals surface area contributed by atoms with Crippen LogP contribution in [0.25, 0.3) is 0 Å². The van der Waals surface area contributed by atoms with Gasteiger partial charge >= 0.3 is 0 Å². The van der Waals surface area contributed by atoms with E-state index >= 15 is 0 Å². The number of fused-ring (bicyclic) bond motifs is 1. The topological polar surface area (TPSA) is 32.8 Å². The van der Waals surface area contributed by atoms with E-state index in [1.807, 2.05) is 0 Å². The lowest BCUT2D eigenvalue weighted by Crippen LogP contribution is -2.38. The summed E-state index contributed by atoms with van der Waals surface area (Å²) >= 11 is 0. The molecule has 136 valence electrons. The molecule has 1 aromatic carbocycles. The average molecular weight is 350 g/mol. The van der Waals surface area contributed by atoms with Crippen LogP contribution in [-0.4, -0.2) is 61.1 Å². The summed E-state index contributed by atoms with van der Waals surface area (Å²) in [5.41, 5.74) is 0.0741. The highest BCUT2D eigenvalue weighted by molar-refractivity contribution is 5.94. The molecule has 25 heavy (non-hydrogen) atoms. The molecule has 0 bridgehead atoms. The Balaban J connectivity index is 1.41. The van der Waals surface area contributed by atoms with E-state index in [9.17, 15) is 13.6 Å². The van der Waals surface area contributed by atoms with Crippen LogP contribution in [0.4, 0.5) is 8.78 Å².